The molecule has 1 N–H and O–H groups in total. The summed E-state index contributed by atoms with van der Waals surface area (Å²) in [5.41, 5.74) is 2.23. The number of benzene rings is 1. The van der Waals surface area contributed by atoms with E-state index in [4.69, 9.17) is 4.74 Å². The van der Waals surface area contributed by atoms with Crippen LogP contribution in [0.15, 0.2) is 22.7 Å². The molecule has 3 nitrogen and oxygen atoms in total. The predicted octanol–water partition coefficient (Wildman–Crippen LogP) is 2.97. The average molecular weight is 335 g/mol. The largest absolute Gasteiger partial charge is 0.377 e. The number of nitrogens with zero attached hydrogens (tertiary/aromatic N) is 1. The summed E-state index contributed by atoms with van der Waals surface area (Å²) in [5, 5.41) is 13.1. The Hall–Kier alpha value is -0.890. The molecule has 1 aliphatic carbocycles. The van der Waals surface area contributed by atoms with E-state index in [1.165, 1.54) is 11.1 Å². The fourth-order valence-electron chi connectivity index (χ4n) is 3.16. The lowest BCUT2D eigenvalue weighted by atomic mass is 9.78. The number of hydrogen-bond acceptors (Lipinski definition) is 3. The summed E-state index contributed by atoms with van der Waals surface area (Å²) >= 11 is 3.51. The van der Waals surface area contributed by atoms with Crippen LogP contribution in [-0.2, 0) is 17.6 Å². The monoisotopic (exact) mass is 334 g/mol. The van der Waals surface area contributed by atoms with Crippen molar-refractivity contribution in [2.24, 2.45) is 0 Å². The number of nitrogens with one attached hydrogen (secondary N) is 1. The van der Waals surface area contributed by atoms with Gasteiger partial charge in [0.25, 0.3) is 0 Å². The van der Waals surface area contributed by atoms with Gasteiger partial charge in [0.1, 0.15) is 5.54 Å². The summed E-state index contributed by atoms with van der Waals surface area (Å²) in [6.07, 6.45) is 5.16. The van der Waals surface area contributed by atoms with Crippen LogP contribution in [-0.4, -0.2) is 24.8 Å². The minimum absolute atomic E-state index is 0.284. The highest BCUT2D eigenvalue weighted by Crippen LogP contribution is 2.30. The highest BCUT2D eigenvalue weighted by Gasteiger charge is 2.35. The van der Waals surface area contributed by atoms with Gasteiger partial charge in [-0.3, -0.25) is 5.32 Å². The van der Waals surface area contributed by atoms with Crippen molar-refractivity contribution in [1.82, 2.24) is 5.32 Å². The minimum Gasteiger partial charge on any atom is -0.377 e. The highest BCUT2D eigenvalue weighted by atomic mass is 79.9. The summed E-state index contributed by atoms with van der Waals surface area (Å²) in [7, 11) is 0. The fraction of sp³-hybridized carbons (Fsp3) is 0.562. The summed E-state index contributed by atoms with van der Waals surface area (Å²) in [5.74, 6) is 0. The van der Waals surface area contributed by atoms with E-state index in [0.29, 0.717) is 0 Å². The maximum absolute atomic E-state index is 9.63. The van der Waals surface area contributed by atoms with Crippen molar-refractivity contribution in [1.29, 1.82) is 5.26 Å². The third-order valence-corrected chi connectivity index (χ3v) is 4.88. The Kier molecular flexibility index (Phi) is 4.11. The Bertz CT molecular complexity index is 534. The smallest absolute Gasteiger partial charge is 0.111 e. The summed E-state index contributed by atoms with van der Waals surface area (Å²) in [6.45, 7) is 1.65. The standard InChI is InChI=1S/C16H19BrN2O/c17-14-4-3-13-9-16(11-18,6-5-12(13)8-14)19-10-15-2-1-7-20-15/h3-4,8,15,19H,1-2,5-7,9-10H2. The van der Waals surface area contributed by atoms with Gasteiger partial charge in [0.05, 0.1) is 12.2 Å². The summed E-state index contributed by atoms with van der Waals surface area (Å²) in [6, 6.07) is 8.89. The molecule has 0 radical (unpaired) electrons. The van der Waals surface area contributed by atoms with Gasteiger partial charge in [-0.25, -0.2) is 0 Å². The molecule has 1 aromatic carbocycles. The fourth-order valence-corrected chi connectivity index (χ4v) is 3.57. The lowest BCUT2D eigenvalue weighted by molar-refractivity contribution is 0.103. The zero-order valence-corrected chi connectivity index (χ0v) is 13.1. The molecule has 0 spiro atoms. The number of aryl methyl sites for hydroxylation is 1. The molecule has 0 bridgehead atoms. The maximum Gasteiger partial charge on any atom is 0.111 e. The third-order valence-electron chi connectivity index (χ3n) is 4.39. The second kappa shape index (κ2) is 5.85. The van der Waals surface area contributed by atoms with Crippen molar-refractivity contribution >= 4 is 15.9 Å². The Labute approximate surface area is 128 Å². The van der Waals surface area contributed by atoms with Gasteiger partial charge in [0.15, 0.2) is 0 Å². The Morgan fingerprint density at radius 3 is 3.10 bits per heavy atom. The average Bonchev–Trinajstić information content (AvgIpc) is 2.98. The van der Waals surface area contributed by atoms with Crippen LogP contribution in [0.1, 0.15) is 30.4 Å². The van der Waals surface area contributed by atoms with Gasteiger partial charge in [-0.2, -0.15) is 5.26 Å². The van der Waals surface area contributed by atoms with E-state index in [1.807, 2.05) is 0 Å². The van der Waals surface area contributed by atoms with Crippen LogP contribution in [0.4, 0.5) is 0 Å². The van der Waals surface area contributed by atoms with E-state index in [-0.39, 0.29) is 6.10 Å². The number of halogens is 1. The van der Waals surface area contributed by atoms with Crippen molar-refractivity contribution < 1.29 is 4.74 Å². The van der Waals surface area contributed by atoms with Gasteiger partial charge in [0.2, 0.25) is 0 Å². The molecule has 0 amide bonds. The molecule has 1 fully saturated rings. The van der Waals surface area contributed by atoms with Crippen LogP contribution in [0.25, 0.3) is 0 Å². The van der Waals surface area contributed by atoms with E-state index in [2.05, 4.69) is 45.5 Å². The molecule has 2 aliphatic rings. The normalized spacial score (nSPS) is 28.9. The second-order valence-corrected chi connectivity index (χ2v) is 6.72. The quantitative estimate of drug-likeness (QED) is 0.924. The number of ether oxygens (including phenoxy) is 1. The summed E-state index contributed by atoms with van der Waals surface area (Å²) < 4.78 is 6.76. The third kappa shape index (κ3) is 2.90. The van der Waals surface area contributed by atoms with Crippen molar-refractivity contribution in [3.63, 3.8) is 0 Å². The van der Waals surface area contributed by atoms with E-state index in [9.17, 15) is 5.26 Å². The van der Waals surface area contributed by atoms with E-state index < -0.39 is 5.54 Å². The lowest BCUT2D eigenvalue weighted by Gasteiger charge is -2.34. The Morgan fingerprint density at radius 1 is 1.45 bits per heavy atom. The predicted molar refractivity (Wildman–Crippen MR) is 81.5 cm³/mol. The number of rotatable bonds is 3. The van der Waals surface area contributed by atoms with Crippen molar-refractivity contribution in [3.8, 4) is 6.07 Å². The minimum atomic E-state index is -0.424. The van der Waals surface area contributed by atoms with Crippen molar-refractivity contribution in [2.75, 3.05) is 13.2 Å². The first kappa shape index (κ1) is 14.1. The molecule has 1 saturated heterocycles. The van der Waals surface area contributed by atoms with Crippen LogP contribution < -0.4 is 5.32 Å². The van der Waals surface area contributed by atoms with Crippen LogP contribution in [0.3, 0.4) is 0 Å². The van der Waals surface area contributed by atoms with Crippen LogP contribution in [0.5, 0.6) is 0 Å². The molecule has 20 heavy (non-hydrogen) atoms. The van der Waals surface area contributed by atoms with Gasteiger partial charge in [-0.15, -0.1) is 0 Å². The van der Waals surface area contributed by atoms with Crippen LogP contribution in [0.2, 0.25) is 0 Å². The molecule has 4 heteroatoms. The highest BCUT2D eigenvalue weighted by molar-refractivity contribution is 9.10. The molecule has 2 atom stereocenters. The number of nitriles is 1. The zero-order valence-electron chi connectivity index (χ0n) is 11.5. The molecular weight excluding hydrogens is 316 g/mol. The molecular formula is C16H19BrN2O. The van der Waals surface area contributed by atoms with E-state index >= 15 is 0 Å². The molecule has 1 aliphatic heterocycles. The SMILES string of the molecule is N#CC1(NCC2CCCO2)CCc2cc(Br)ccc2C1. The van der Waals surface area contributed by atoms with Gasteiger partial charge in [0, 0.05) is 24.0 Å². The van der Waals surface area contributed by atoms with Gasteiger partial charge < -0.3 is 4.74 Å². The lowest BCUT2D eigenvalue weighted by Crippen LogP contribution is -2.50. The Balaban J connectivity index is 1.71. The van der Waals surface area contributed by atoms with Crippen molar-refractivity contribution in [3.05, 3.63) is 33.8 Å². The first-order chi connectivity index (χ1) is 9.71. The van der Waals surface area contributed by atoms with Crippen molar-refractivity contribution in [2.45, 2.75) is 43.7 Å². The van der Waals surface area contributed by atoms with Crippen LogP contribution in [0, 0.1) is 11.3 Å². The number of hydrogen-bond donors (Lipinski definition) is 1. The topological polar surface area (TPSA) is 45.0 Å². The molecule has 106 valence electrons. The molecule has 0 aromatic heterocycles. The first-order valence-corrected chi connectivity index (χ1v) is 8.05. The maximum atomic E-state index is 9.63. The first-order valence-electron chi connectivity index (χ1n) is 7.26. The molecule has 1 aromatic rings. The van der Waals surface area contributed by atoms with E-state index in [0.717, 1.165) is 49.7 Å². The molecule has 1 heterocycles. The van der Waals surface area contributed by atoms with Gasteiger partial charge >= 0.3 is 0 Å². The molecule has 0 saturated carbocycles. The van der Waals surface area contributed by atoms with Gasteiger partial charge in [-0.05, 0) is 48.9 Å². The zero-order chi connectivity index (χ0) is 14.0. The van der Waals surface area contributed by atoms with Crippen LogP contribution >= 0.6 is 15.9 Å². The molecule has 3 rings (SSSR count). The summed E-state index contributed by atoms with van der Waals surface area (Å²) in [4.78, 5) is 0. The molecule has 2 unspecified atom stereocenters. The van der Waals surface area contributed by atoms with E-state index in [1.54, 1.807) is 0 Å². The Morgan fingerprint density at radius 2 is 2.35 bits per heavy atom. The second-order valence-electron chi connectivity index (χ2n) is 5.80. The number of fused-ring (bicyclic) bond motifs is 1. The van der Waals surface area contributed by atoms with Gasteiger partial charge in [-0.1, -0.05) is 22.0 Å².